The van der Waals surface area contributed by atoms with Gasteiger partial charge in [-0.1, -0.05) is 0 Å². The molecule has 1 saturated heterocycles. The van der Waals surface area contributed by atoms with Crippen LogP contribution in [0.5, 0.6) is 0 Å². The zero-order valence-electron chi connectivity index (χ0n) is 11.4. The van der Waals surface area contributed by atoms with Crippen molar-refractivity contribution in [1.29, 1.82) is 0 Å². The molecular weight excluding hydrogens is 226 g/mol. The minimum Gasteiger partial charge on any atom is -0.388 e. The molecule has 0 radical (unpaired) electrons. The average Bonchev–Trinajstić information content (AvgIpc) is 2.83. The number of aromatic nitrogens is 1. The van der Waals surface area contributed by atoms with Crippen LogP contribution in [0.3, 0.4) is 0 Å². The van der Waals surface area contributed by atoms with Crippen molar-refractivity contribution in [2.75, 3.05) is 0 Å². The highest BCUT2D eigenvalue weighted by molar-refractivity contribution is 5.29. The number of nitrogens with zero attached hydrogens (tertiary/aromatic N) is 1. The first kappa shape index (κ1) is 12.2. The van der Waals surface area contributed by atoms with Crippen molar-refractivity contribution >= 4 is 0 Å². The summed E-state index contributed by atoms with van der Waals surface area (Å²) in [6.07, 6.45) is 9.78. The number of hydrogen-bond donors (Lipinski definition) is 1. The number of aliphatic hydroxyl groups is 1. The number of aryl methyl sites for hydroxylation is 1. The van der Waals surface area contributed by atoms with Crippen molar-refractivity contribution in [3.63, 3.8) is 0 Å². The van der Waals surface area contributed by atoms with Gasteiger partial charge in [-0.3, -0.25) is 0 Å². The van der Waals surface area contributed by atoms with Crippen LogP contribution in [0.15, 0.2) is 12.4 Å². The van der Waals surface area contributed by atoms with E-state index in [1.54, 1.807) is 0 Å². The first-order chi connectivity index (χ1) is 8.53. The fraction of sp³-hybridized carbons (Fsp3) is 0.733. The van der Waals surface area contributed by atoms with Gasteiger partial charge >= 0.3 is 0 Å². The third-order valence-electron chi connectivity index (χ3n) is 4.25. The topological polar surface area (TPSA) is 34.4 Å². The highest BCUT2D eigenvalue weighted by Gasteiger charge is 2.32. The third-order valence-corrected chi connectivity index (χ3v) is 4.25. The number of hydrogen-bond acceptors (Lipinski definition) is 2. The lowest BCUT2D eigenvalue weighted by atomic mass is 9.93. The molecule has 0 saturated carbocycles. The number of rotatable bonds is 2. The Morgan fingerprint density at radius 1 is 1.39 bits per heavy atom. The maximum atomic E-state index is 9.97. The number of fused-ring (bicyclic) bond motifs is 1. The Bertz CT molecular complexity index is 436. The van der Waals surface area contributed by atoms with Crippen molar-refractivity contribution in [2.24, 2.45) is 0 Å². The first-order valence-electron chi connectivity index (χ1n) is 7.08. The van der Waals surface area contributed by atoms with Crippen LogP contribution in [0.25, 0.3) is 0 Å². The SMILES string of the molecule is CC1(C)CCC(Cn2cc3c(c2)C(O)CCC3)O1. The molecule has 1 fully saturated rings. The van der Waals surface area contributed by atoms with Crippen molar-refractivity contribution in [3.05, 3.63) is 23.5 Å². The summed E-state index contributed by atoms with van der Waals surface area (Å²) in [4.78, 5) is 0. The zero-order valence-corrected chi connectivity index (χ0v) is 11.4. The molecule has 0 amide bonds. The molecule has 0 bridgehead atoms. The fourth-order valence-corrected chi connectivity index (χ4v) is 3.27. The Kier molecular flexibility index (Phi) is 2.99. The van der Waals surface area contributed by atoms with Gasteiger partial charge in [-0.15, -0.1) is 0 Å². The Morgan fingerprint density at radius 2 is 2.22 bits per heavy atom. The van der Waals surface area contributed by atoms with E-state index in [0.29, 0.717) is 6.10 Å². The molecular formula is C15H23NO2. The van der Waals surface area contributed by atoms with E-state index in [-0.39, 0.29) is 11.7 Å². The Morgan fingerprint density at radius 3 is 2.89 bits per heavy atom. The summed E-state index contributed by atoms with van der Waals surface area (Å²) in [6, 6.07) is 0. The molecule has 1 aromatic rings. The molecule has 100 valence electrons. The average molecular weight is 249 g/mol. The molecule has 3 nitrogen and oxygen atoms in total. The maximum Gasteiger partial charge on any atom is 0.0807 e. The molecule has 3 rings (SSSR count). The molecule has 1 aliphatic heterocycles. The molecule has 0 spiro atoms. The molecule has 0 aromatic carbocycles. The Labute approximate surface area is 109 Å². The minimum absolute atomic E-state index is 0.0386. The van der Waals surface area contributed by atoms with Crippen LogP contribution in [0.1, 0.15) is 56.8 Å². The van der Waals surface area contributed by atoms with Gasteiger partial charge in [0.25, 0.3) is 0 Å². The monoisotopic (exact) mass is 249 g/mol. The lowest BCUT2D eigenvalue weighted by molar-refractivity contribution is -0.0216. The summed E-state index contributed by atoms with van der Waals surface area (Å²) in [7, 11) is 0. The van der Waals surface area contributed by atoms with Gasteiger partial charge in [0.1, 0.15) is 0 Å². The Hall–Kier alpha value is -0.800. The number of aliphatic hydroxyl groups excluding tert-OH is 1. The van der Waals surface area contributed by atoms with E-state index in [0.717, 1.165) is 44.2 Å². The van der Waals surface area contributed by atoms with Crippen LogP contribution >= 0.6 is 0 Å². The van der Waals surface area contributed by atoms with Gasteiger partial charge in [0.05, 0.1) is 17.8 Å². The molecule has 1 N–H and O–H groups in total. The lowest BCUT2D eigenvalue weighted by Crippen LogP contribution is -2.22. The highest BCUT2D eigenvalue weighted by Crippen LogP contribution is 2.33. The van der Waals surface area contributed by atoms with Crippen molar-refractivity contribution in [1.82, 2.24) is 4.57 Å². The molecule has 2 heterocycles. The molecule has 2 aliphatic rings. The van der Waals surface area contributed by atoms with Gasteiger partial charge in [0.15, 0.2) is 0 Å². The van der Waals surface area contributed by atoms with Crippen LogP contribution in [-0.4, -0.2) is 21.4 Å². The van der Waals surface area contributed by atoms with Crippen molar-refractivity contribution < 1.29 is 9.84 Å². The third kappa shape index (κ3) is 2.34. The van der Waals surface area contributed by atoms with E-state index in [1.807, 2.05) is 0 Å². The summed E-state index contributed by atoms with van der Waals surface area (Å²) >= 11 is 0. The van der Waals surface area contributed by atoms with E-state index in [2.05, 4.69) is 30.8 Å². The first-order valence-corrected chi connectivity index (χ1v) is 7.08. The second kappa shape index (κ2) is 4.39. The van der Waals surface area contributed by atoms with Crippen LogP contribution in [0.4, 0.5) is 0 Å². The molecule has 1 aliphatic carbocycles. The maximum absolute atomic E-state index is 9.97. The summed E-state index contributed by atoms with van der Waals surface area (Å²) in [5.74, 6) is 0. The predicted octanol–water partition coefficient (Wildman–Crippen LogP) is 2.82. The summed E-state index contributed by atoms with van der Waals surface area (Å²) < 4.78 is 8.24. The molecule has 18 heavy (non-hydrogen) atoms. The van der Waals surface area contributed by atoms with E-state index in [4.69, 9.17) is 4.74 Å². The predicted molar refractivity (Wildman–Crippen MR) is 70.5 cm³/mol. The van der Waals surface area contributed by atoms with Crippen LogP contribution in [0, 0.1) is 0 Å². The molecule has 2 atom stereocenters. The fourth-order valence-electron chi connectivity index (χ4n) is 3.27. The van der Waals surface area contributed by atoms with Gasteiger partial charge in [-0.2, -0.15) is 0 Å². The van der Waals surface area contributed by atoms with E-state index in [9.17, 15) is 5.11 Å². The van der Waals surface area contributed by atoms with Gasteiger partial charge < -0.3 is 14.4 Å². The second-order valence-corrected chi connectivity index (χ2v) is 6.38. The van der Waals surface area contributed by atoms with Crippen molar-refractivity contribution in [3.8, 4) is 0 Å². The van der Waals surface area contributed by atoms with E-state index >= 15 is 0 Å². The van der Waals surface area contributed by atoms with Crippen molar-refractivity contribution in [2.45, 2.75) is 70.3 Å². The standard InChI is InChI=1S/C15H23NO2/c1-15(2)7-6-12(18-15)9-16-8-11-4-3-5-14(17)13(11)10-16/h8,10,12,14,17H,3-7,9H2,1-2H3. The Balaban J connectivity index is 1.71. The van der Waals surface area contributed by atoms with Gasteiger partial charge in [0.2, 0.25) is 0 Å². The lowest BCUT2D eigenvalue weighted by Gasteiger charge is -2.19. The molecule has 2 unspecified atom stereocenters. The summed E-state index contributed by atoms with van der Waals surface area (Å²) in [5.41, 5.74) is 2.50. The largest absolute Gasteiger partial charge is 0.388 e. The number of ether oxygens (including phenoxy) is 1. The minimum atomic E-state index is -0.254. The zero-order chi connectivity index (χ0) is 12.8. The van der Waals surface area contributed by atoms with Gasteiger partial charge in [-0.25, -0.2) is 0 Å². The quantitative estimate of drug-likeness (QED) is 0.874. The second-order valence-electron chi connectivity index (χ2n) is 6.38. The smallest absolute Gasteiger partial charge is 0.0807 e. The van der Waals surface area contributed by atoms with Crippen LogP contribution < -0.4 is 0 Å². The normalized spacial score (nSPS) is 30.4. The summed E-state index contributed by atoms with van der Waals surface area (Å²) in [5, 5.41) is 9.97. The van der Waals surface area contributed by atoms with Gasteiger partial charge in [0, 0.05) is 24.5 Å². The van der Waals surface area contributed by atoms with E-state index < -0.39 is 0 Å². The van der Waals surface area contributed by atoms with Crippen LogP contribution in [-0.2, 0) is 17.7 Å². The highest BCUT2D eigenvalue weighted by atomic mass is 16.5. The van der Waals surface area contributed by atoms with E-state index in [1.165, 1.54) is 5.56 Å². The van der Waals surface area contributed by atoms with Gasteiger partial charge in [-0.05, 0) is 51.5 Å². The van der Waals surface area contributed by atoms with Crippen LogP contribution in [0.2, 0.25) is 0 Å². The summed E-state index contributed by atoms with van der Waals surface area (Å²) in [6.45, 7) is 5.25. The molecule has 3 heteroatoms. The molecule has 1 aromatic heterocycles.